The smallest absolute Gasteiger partial charge is 0.309 e. The van der Waals surface area contributed by atoms with Gasteiger partial charge in [0.2, 0.25) is 0 Å². The van der Waals surface area contributed by atoms with Crippen LogP contribution in [0.5, 0.6) is 0 Å². The van der Waals surface area contributed by atoms with E-state index in [0.717, 1.165) is 19.3 Å². The van der Waals surface area contributed by atoms with Crippen LogP contribution in [0.1, 0.15) is 65.2 Å². The van der Waals surface area contributed by atoms with E-state index in [0.29, 0.717) is 13.0 Å². The molecule has 0 aromatic carbocycles. The number of unbranched alkanes of at least 4 members (excludes halogenated alkanes) is 5. The standard InChI is InChI=1S/C14H26O2/c1-3-5-7-9-10-12-14(15)16-13-11-8-6-4-2/h9-10H,3-8,11-13H2,1-2H3. The first kappa shape index (κ1) is 15.2. The maximum absolute atomic E-state index is 11.2. The van der Waals surface area contributed by atoms with Crippen LogP contribution in [0, 0.1) is 0 Å². The normalized spacial score (nSPS) is 10.9. The van der Waals surface area contributed by atoms with Crippen molar-refractivity contribution in [1.29, 1.82) is 0 Å². The fourth-order valence-electron chi connectivity index (χ4n) is 1.39. The second-order valence-electron chi connectivity index (χ2n) is 4.10. The van der Waals surface area contributed by atoms with Crippen molar-refractivity contribution in [2.75, 3.05) is 6.61 Å². The largest absolute Gasteiger partial charge is 0.465 e. The molecule has 94 valence electrons. The Morgan fingerprint density at radius 3 is 2.44 bits per heavy atom. The zero-order valence-electron chi connectivity index (χ0n) is 10.8. The number of carbonyl (C=O) groups is 1. The summed E-state index contributed by atoms with van der Waals surface area (Å²) in [5.74, 6) is -0.0933. The highest BCUT2D eigenvalue weighted by atomic mass is 16.5. The topological polar surface area (TPSA) is 26.3 Å². The molecule has 0 aromatic rings. The third-order valence-corrected chi connectivity index (χ3v) is 2.44. The lowest BCUT2D eigenvalue weighted by Gasteiger charge is -2.02. The Morgan fingerprint density at radius 2 is 1.75 bits per heavy atom. The second kappa shape index (κ2) is 12.3. The molecule has 0 fully saturated rings. The molecule has 0 atom stereocenters. The Bertz CT molecular complexity index is 185. The van der Waals surface area contributed by atoms with Crippen molar-refractivity contribution in [3.05, 3.63) is 12.2 Å². The quantitative estimate of drug-likeness (QED) is 0.316. The third kappa shape index (κ3) is 11.3. The molecule has 0 unspecified atom stereocenters. The highest BCUT2D eigenvalue weighted by molar-refractivity contribution is 5.71. The van der Waals surface area contributed by atoms with Gasteiger partial charge in [-0.3, -0.25) is 4.79 Å². The van der Waals surface area contributed by atoms with Crippen LogP contribution in [0.3, 0.4) is 0 Å². The van der Waals surface area contributed by atoms with Gasteiger partial charge in [-0.2, -0.15) is 0 Å². The summed E-state index contributed by atoms with van der Waals surface area (Å²) in [6.45, 7) is 4.92. The predicted molar refractivity (Wildman–Crippen MR) is 68.4 cm³/mol. The molecule has 0 heterocycles. The van der Waals surface area contributed by atoms with Crippen LogP contribution in [0.25, 0.3) is 0 Å². The van der Waals surface area contributed by atoms with E-state index in [-0.39, 0.29) is 5.97 Å². The average molecular weight is 226 g/mol. The number of carbonyl (C=O) groups excluding carboxylic acids is 1. The van der Waals surface area contributed by atoms with Gasteiger partial charge in [0, 0.05) is 0 Å². The molecule has 0 aliphatic carbocycles. The molecule has 2 nitrogen and oxygen atoms in total. The maximum atomic E-state index is 11.2. The van der Waals surface area contributed by atoms with E-state index in [1.807, 2.05) is 6.08 Å². The molecule has 0 bridgehead atoms. The van der Waals surface area contributed by atoms with Crippen LogP contribution in [0.4, 0.5) is 0 Å². The summed E-state index contributed by atoms with van der Waals surface area (Å²) >= 11 is 0. The minimum absolute atomic E-state index is 0.0933. The second-order valence-corrected chi connectivity index (χ2v) is 4.10. The summed E-state index contributed by atoms with van der Waals surface area (Å²) in [6.07, 6.45) is 12.5. The van der Waals surface area contributed by atoms with Gasteiger partial charge in [0.05, 0.1) is 13.0 Å². The molecule has 2 heteroatoms. The van der Waals surface area contributed by atoms with Crippen LogP contribution in [0.15, 0.2) is 12.2 Å². The lowest BCUT2D eigenvalue weighted by molar-refractivity contribution is -0.142. The van der Waals surface area contributed by atoms with Crippen LogP contribution >= 0.6 is 0 Å². The number of esters is 1. The van der Waals surface area contributed by atoms with Gasteiger partial charge < -0.3 is 4.74 Å². The minimum Gasteiger partial charge on any atom is -0.465 e. The molecular formula is C14H26O2. The van der Waals surface area contributed by atoms with Crippen molar-refractivity contribution in [1.82, 2.24) is 0 Å². The van der Waals surface area contributed by atoms with Crippen molar-refractivity contribution in [3.8, 4) is 0 Å². The number of rotatable bonds is 10. The van der Waals surface area contributed by atoms with Gasteiger partial charge in [-0.1, -0.05) is 58.1 Å². The molecule has 0 rings (SSSR count). The highest BCUT2D eigenvalue weighted by Crippen LogP contribution is 2.01. The lowest BCUT2D eigenvalue weighted by atomic mass is 10.2. The number of hydrogen-bond donors (Lipinski definition) is 0. The fraction of sp³-hybridized carbons (Fsp3) is 0.786. The first-order valence-corrected chi connectivity index (χ1v) is 6.61. The molecule has 0 aromatic heterocycles. The van der Waals surface area contributed by atoms with E-state index in [9.17, 15) is 4.79 Å². The fourth-order valence-corrected chi connectivity index (χ4v) is 1.39. The van der Waals surface area contributed by atoms with E-state index < -0.39 is 0 Å². The summed E-state index contributed by atoms with van der Waals surface area (Å²) < 4.78 is 5.10. The van der Waals surface area contributed by atoms with Crippen molar-refractivity contribution in [2.24, 2.45) is 0 Å². The van der Waals surface area contributed by atoms with E-state index in [4.69, 9.17) is 4.74 Å². The minimum atomic E-state index is -0.0933. The first-order chi connectivity index (χ1) is 7.81. The first-order valence-electron chi connectivity index (χ1n) is 6.61. The van der Waals surface area contributed by atoms with Crippen molar-refractivity contribution >= 4 is 5.97 Å². The van der Waals surface area contributed by atoms with E-state index in [1.54, 1.807) is 0 Å². The average Bonchev–Trinajstić information content (AvgIpc) is 2.28. The summed E-state index contributed by atoms with van der Waals surface area (Å²) in [4.78, 5) is 11.2. The number of ether oxygens (including phenoxy) is 1. The Morgan fingerprint density at radius 1 is 1.00 bits per heavy atom. The zero-order valence-corrected chi connectivity index (χ0v) is 10.8. The Hall–Kier alpha value is -0.790. The highest BCUT2D eigenvalue weighted by Gasteiger charge is 1.98. The van der Waals surface area contributed by atoms with Gasteiger partial charge in [-0.05, 0) is 12.8 Å². The molecule has 0 aliphatic rings. The predicted octanol–water partition coefficient (Wildman–Crippen LogP) is 4.25. The van der Waals surface area contributed by atoms with Gasteiger partial charge >= 0.3 is 5.97 Å². The molecule has 0 radical (unpaired) electrons. The molecular weight excluding hydrogens is 200 g/mol. The van der Waals surface area contributed by atoms with E-state index >= 15 is 0 Å². The number of allylic oxidation sites excluding steroid dienone is 1. The summed E-state index contributed by atoms with van der Waals surface area (Å²) in [7, 11) is 0. The molecule has 0 N–H and O–H groups in total. The van der Waals surface area contributed by atoms with Gasteiger partial charge in [0.25, 0.3) is 0 Å². The lowest BCUT2D eigenvalue weighted by Crippen LogP contribution is -2.04. The molecule has 0 saturated heterocycles. The summed E-state index contributed by atoms with van der Waals surface area (Å²) in [5, 5.41) is 0. The van der Waals surface area contributed by atoms with Crippen molar-refractivity contribution < 1.29 is 9.53 Å². The van der Waals surface area contributed by atoms with Crippen molar-refractivity contribution in [2.45, 2.75) is 65.2 Å². The van der Waals surface area contributed by atoms with Crippen molar-refractivity contribution in [3.63, 3.8) is 0 Å². The van der Waals surface area contributed by atoms with Crippen LogP contribution in [-0.2, 0) is 9.53 Å². The van der Waals surface area contributed by atoms with E-state index in [1.165, 1.54) is 25.7 Å². The zero-order chi connectivity index (χ0) is 12.1. The Labute approximate surface area is 100 Å². The molecule has 0 aliphatic heterocycles. The van der Waals surface area contributed by atoms with Gasteiger partial charge in [-0.15, -0.1) is 0 Å². The van der Waals surface area contributed by atoms with E-state index in [2.05, 4.69) is 19.9 Å². The van der Waals surface area contributed by atoms with Crippen LogP contribution < -0.4 is 0 Å². The van der Waals surface area contributed by atoms with Gasteiger partial charge in [0.1, 0.15) is 0 Å². The summed E-state index contributed by atoms with van der Waals surface area (Å²) in [5.41, 5.74) is 0. The summed E-state index contributed by atoms with van der Waals surface area (Å²) in [6, 6.07) is 0. The Balaban J connectivity index is 3.27. The number of hydrogen-bond acceptors (Lipinski definition) is 2. The molecule has 0 spiro atoms. The monoisotopic (exact) mass is 226 g/mol. The Kier molecular flexibility index (Phi) is 11.7. The van der Waals surface area contributed by atoms with Gasteiger partial charge in [0.15, 0.2) is 0 Å². The maximum Gasteiger partial charge on any atom is 0.309 e. The van der Waals surface area contributed by atoms with Crippen LogP contribution in [0.2, 0.25) is 0 Å². The SMILES string of the molecule is CCCCC=CCC(=O)OCCCCCC. The van der Waals surface area contributed by atoms with Gasteiger partial charge in [-0.25, -0.2) is 0 Å². The third-order valence-electron chi connectivity index (χ3n) is 2.44. The molecule has 0 saturated carbocycles. The molecule has 0 amide bonds. The van der Waals surface area contributed by atoms with Crippen LogP contribution in [-0.4, -0.2) is 12.6 Å². The molecule has 16 heavy (non-hydrogen) atoms.